The van der Waals surface area contributed by atoms with E-state index in [0.717, 1.165) is 18.4 Å². The van der Waals surface area contributed by atoms with Gasteiger partial charge in [-0.1, -0.05) is 0 Å². The van der Waals surface area contributed by atoms with Crippen LogP contribution in [0, 0.1) is 5.92 Å². The normalized spacial score (nSPS) is 15.3. The monoisotopic (exact) mass is 462 g/mol. The quantitative estimate of drug-likeness (QED) is 0.615. The lowest BCUT2D eigenvalue weighted by molar-refractivity contribution is -0.114. The van der Waals surface area contributed by atoms with Crippen LogP contribution in [0.5, 0.6) is 11.5 Å². The molecule has 8 nitrogen and oxygen atoms in total. The number of rotatable bonds is 9. The fourth-order valence-electron chi connectivity index (χ4n) is 3.67. The summed E-state index contributed by atoms with van der Waals surface area (Å²) >= 11 is 0. The zero-order valence-corrected chi connectivity index (χ0v) is 19.5. The highest BCUT2D eigenvalue weighted by Crippen LogP contribution is 2.26. The van der Waals surface area contributed by atoms with Crippen molar-refractivity contribution >= 4 is 21.6 Å². The van der Waals surface area contributed by atoms with Crippen molar-refractivity contribution in [2.45, 2.75) is 31.3 Å². The van der Waals surface area contributed by atoms with Crippen LogP contribution in [0.3, 0.4) is 0 Å². The molecule has 9 heteroatoms. The molecule has 1 saturated heterocycles. The maximum absolute atomic E-state index is 12.9. The fraction of sp³-hybridized carbons (Fsp3) is 0.435. The first-order chi connectivity index (χ1) is 15.3. The number of ether oxygens (including phenoxy) is 3. The average Bonchev–Trinajstić information content (AvgIpc) is 2.79. The summed E-state index contributed by atoms with van der Waals surface area (Å²) in [6.07, 6.45) is 1.48. The number of nitrogens with one attached hydrogen (secondary N) is 1. The summed E-state index contributed by atoms with van der Waals surface area (Å²) in [5.74, 6) is 1.53. The van der Waals surface area contributed by atoms with E-state index >= 15 is 0 Å². The first kappa shape index (κ1) is 24.0. The van der Waals surface area contributed by atoms with Gasteiger partial charge in [0.05, 0.1) is 25.7 Å². The smallest absolute Gasteiger partial charge is 0.243 e. The molecule has 0 atom stereocenters. The number of nitrogens with zero attached hydrogens (tertiary/aromatic N) is 1. The topological polar surface area (TPSA) is 94.2 Å². The number of carbonyl (C=O) groups excluding carboxylic acids is 1. The molecule has 1 aliphatic rings. The van der Waals surface area contributed by atoms with E-state index < -0.39 is 10.0 Å². The molecule has 174 valence electrons. The first-order valence-corrected chi connectivity index (χ1v) is 11.9. The second-order valence-corrected chi connectivity index (χ2v) is 9.73. The molecule has 0 aliphatic carbocycles. The maximum atomic E-state index is 12.9. The van der Waals surface area contributed by atoms with Gasteiger partial charge in [-0.25, -0.2) is 8.42 Å². The molecule has 0 aromatic heterocycles. The fourth-order valence-corrected chi connectivity index (χ4v) is 5.14. The van der Waals surface area contributed by atoms with Crippen LogP contribution in [0.4, 0.5) is 5.69 Å². The molecule has 0 radical (unpaired) electrons. The molecule has 1 heterocycles. The van der Waals surface area contributed by atoms with Crippen molar-refractivity contribution in [3.63, 3.8) is 0 Å². The van der Waals surface area contributed by atoms with Crippen LogP contribution < -0.4 is 14.8 Å². The minimum absolute atomic E-state index is 0.199. The summed E-state index contributed by atoms with van der Waals surface area (Å²) in [6.45, 7) is 3.32. The van der Waals surface area contributed by atoms with E-state index in [4.69, 9.17) is 14.2 Å². The van der Waals surface area contributed by atoms with Gasteiger partial charge in [-0.05, 0) is 60.7 Å². The average molecular weight is 463 g/mol. The van der Waals surface area contributed by atoms with Crippen molar-refractivity contribution in [1.29, 1.82) is 0 Å². The molecular formula is C23H30N2O6S. The van der Waals surface area contributed by atoms with Gasteiger partial charge in [0.15, 0.2) is 0 Å². The van der Waals surface area contributed by atoms with Crippen molar-refractivity contribution in [3.8, 4) is 11.5 Å². The summed E-state index contributed by atoms with van der Waals surface area (Å²) in [7, 11) is -0.338. The molecule has 2 aromatic rings. The van der Waals surface area contributed by atoms with Gasteiger partial charge in [-0.15, -0.1) is 0 Å². The second kappa shape index (κ2) is 10.8. The molecule has 0 saturated carbocycles. The molecule has 2 aromatic carbocycles. The third kappa shape index (κ3) is 6.21. The summed E-state index contributed by atoms with van der Waals surface area (Å²) in [4.78, 5) is 11.4. The molecule has 1 amide bonds. The van der Waals surface area contributed by atoms with Gasteiger partial charge in [-0.3, -0.25) is 4.79 Å². The summed E-state index contributed by atoms with van der Waals surface area (Å²) in [5.41, 5.74) is 1.53. The largest absolute Gasteiger partial charge is 0.497 e. The number of benzene rings is 2. The molecule has 1 fully saturated rings. The molecular weight excluding hydrogens is 432 g/mol. The molecule has 1 N–H and O–H groups in total. The SMILES string of the molecule is COc1cc(COCC2CCN(S(=O)(=O)c3ccc(NC(C)=O)cc3)CC2)cc(OC)c1. The Morgan fingerprint density at radius 3 is 2.16 bits per heavy atom. The lowest BCUT2D eigenvalue weighted by Crippen LogP contribution is -2.39. The van der Waals surface area contributed by atoms with E-state index in [1.165, 1.54) is 23.4 Å². The first-order valence-electron chi connectivity index (χ1n) is 10.5. The van der Waals surface area contributed by atoms with E-state index in [-0.39, 0.29) is 10.8 Å². The van der Waals surface area contributed by atoms with E-state index in [1.807, 2.05) is 18.2 Å². The van der Waals surface area contributed by atoms with Crippen LogP contribution in [0.15, 0.2) is 47.4 Å². The summed E-state index contributed by atoms with van der Waals surface area (Å²) in [5, 5.41) is 2.64. The molecule has 3 rings (SSSR count). The number of amides is 1. The molecule has 1 aliphatic heterocycles. The van der Waals surface area contributed by atoms with Crippen LogP contribution in [-0.4, -0.2) is 52.5 Å². The van der Waals surface area contributed by atoms with Crippen molar-refractivity contribution in [2.75, 3.05) is 39.2 Å². The van der Waals surface area contributed by atoms with E-state index in [1.54, 1.807) is 26.4 Å². The van der Waals surface area contributed by atoms with Crippen molar-refractivity contribution < 1.29 is 27.4 Å². The van der Waals surface area contributed by atoms with Crippen LogP contribution in [0.25, 0.3) is 0 Å². The van der Waals surface area contributed by atoms with E-state index in [2.05, 4.69) is 5.32 Å². The predicted molar refractivity (Wildman–Crippen MR) is 121 cm³/mol. The molecule has 0 unspecified atom stereocenters. The number of piperidine rings is 1. The lowest BCUT2D eigenvalue weighted by Gasteiger charge is -2.31. The summed E-state index contributed by atoms with van der Waals surface area (Å²) in [6, 6.07) is 11.9. The Morgan fingerprint density at radius 1 is 1.03 bits per heavy atom. The van der Waals surface area contributed by atoms with Gasteiger partial charge in [0.25, 0.3) is 0 Å². The van der Waals surface area contributed by atoms with Crippen LogP contribution in [-0.2, 0) is 26.2 Å². The number of methoxy groups -OCH3 is 2. The Morgan fingerprint density at radius 2 is 1.62 bits per heavy atom. The van der Waals surface area contributed by atoms with Crippen molar-refractivity contribution in [1.82, 2.24) is 4.31 Å². The van der Waals surface area contributed by atoms with Crippen LogP contribution in [0.1, 0.15) is 25.3 Å². The molecule has 32 heavy (non-hydrogen) atoms. The Labute approximate surface area is 189 Å². The highest BCUT2D eigenvalue weighted by atomic mass is 32.2. The number of hydrogen-bond donors (Lipinski definition) is 1. The van der Waals surface area contributed by atoms with Crippen molar-refractivity contribution in [3.05, 3.63) is 48.0 Å². The third-order valence-electron chi connectivity index (χ3n) is 5.42. The van der Waals surface area contributed by atoms with Crippen LogP contribution >= 0.6 is 0 Å². The van der Waals surface area contributed by atoms with Gasteiger partial charge < -0.3 is 19.5 Å². The lowest BCUT2D eigenvalue weighted by atomic mass is 9.99. The second-order valence-electron chi connectivity index (χ2n) is 7.79. The number of anilines is 1. The van der Waals surface area contributed by atoms with Gasteiger partial charge >= 0.3 is 0 Å². The predicted octanol–water partition coefficient (Wildman–Crippen LogP) is 3.28. The van der Waals surface area contributed by atoms with Gasteiger partial charge in [0, 0.05) is 38.4 Å². The highest BCUT2D eigenvalue weighted by Gasteiger charge is 2.29. The maximum Gasteiger partial charge on any atom is 0.243 e. The van der Waals surface area contributed by atoms with E-state index in [0.29, 0.717) is 49.4 Å². The molecule has 0 bridgehead atoms. The minimum Gasteiger partial charge on any atom is -0.497 e. The number of carbonyl (C=O) groups is 1. The minimum atomic E-state index is -3.56. The Balaban J connectivity index is 1.50. The highest BCUT2D eigenvalue weighted by molar-refractivity contribution is 7.89. The summed E-state index contributed by atoms with van der Waals surface area (Å²) < 4.78 is 43.8. The zero-order chi connectivity index (χ0) is 23.1. The number of sulfonamides is 1. The standard InChI is InChI=1S/C23H30N2O6S/c1-17(26)24-20-4-6-23(7-5-20)32(27,28)25-10-8-18(9-11-25)15-31-16-19-12-21(29-2)14-22(13-19)30-3/h4-7,12-14,18H,8-11,15-16H2,1-3H3,(H,24,26). The van der Waals surface area contributed by atoms with Gasteiger partial charge in [-0.2, -0.15) is 4.31 Å². The van der Waals surface area contributed by atoms with E-state index in [9.17, 15) is 13.2 Å². The van der Waals surface area contributed by atoms with Crippen molar-refractivity contribution in [2.24, 2.45) is 5.92 Å². The third-order valence-corrected chi connectivity index (χ3v) is 7.33. The Kier molecular flexibility index (Phi) is 8.11. The Hall–Kier alpha value is -2.62. The molecule has 0 spiro atoms. The zero-order valence-electron chi connectivity index (χ0n) is 18.7. The van der Waals surface area contributed by atoms with Gasteiger partial charge in [0.2, 0.25) is 15.9 Å². The Bertz CT molecular complexity index is 993. The van der Waals surface area contributed by atoms with Gasteiger partial charge in [0.1, 0.15) is 11.5 Å². The number of hydrogen-bond acceptors (Lipinski definition) is 6. The van der Waals surface area contributed by atoms with Crippen LogP contribution in [0.2, 0.25) is 0 Å².